The molecule has 0 aromatic heterocycles. The molecule has 3 aliphatic rings. The van der Waals surface area contributed by atoms with Crippen LogP contribution in [0.5, 0.6) is 11.5 Å². The van der Waals surface area contributed by atoms with Gasteiger partial charge < -0.3 is 19.5 Å². The summed E-state index contributed by atoms with van der Waals surface area (Å²) < 4.78 is 10.7. The van der Waals surface area contributed by atoms with E-state index in [1.807, 2.05) is 12.1 Å². The van der Waals surface area contributed by atoms with E-state index >= 15 is 0 Å². The van der Waals surface area contributed by atoms with Gasteiger partial charge in [0.05, 0.1) is 33.9 Å². The summed E-state index contributed by atoms with van der Waals surface area (Å²) in [6.45, 7) is 1.00. The van der Waals surface area contributed by atoms with Crippen molar-refractivity contribution in [1.82, 2.24) is 0 Å². The average Bonchev–Trinajstić information content (AvgIpc) is 2.57. The lowest BCUT2D eigenvalue weighted by Crippen LogP contribution is -3.16. The fraction of sp³-hybridized carbons (Fsp3) is 0.526. The van der Waals surface area contributed by atoms with Crippen molar-refractivity contribution in [3.05, 3.63) is 35.1 Å². The summed E-state index contributed by atoms with van der Waals surface area (Å²) in [7, 11) is 5.35. The summed E-state index contributed by atoms with van der Waals surface area (Å²) in [5.41, 5.74) is 1.74. The monoisotopic (exact) mass is 330 g/mol. The van der Waals surface area contributed by atoms with Gasteiger partial charge in [-0.05, 0) is 17.7 Å². The number of ether oxygens (including phenoxy) is 2. The highest BCUT2D eigenvalue weighted by Gasteiger charge is 2.58. The number of ketones is 1. The van der Waals surface area contributed by atoms with Gasteiger partial charge in [0.25, 0.3) is 0 Å². The number of benzene rings is 1. The van der Waals surface area contributed by atoms with E-state index in [-0.39, 0.29) is 22.9 Å². The van der Waals surface area contributed by atoms with Gasteiger partial charge in [0.15, 0.2) is 23.0 Å². The Morgan fingerprint density at radius 2 is 2.08 bits per heavy atom. The van der Waals surface area contributed by atoms with Crippen LogP contribution >= 0.6 is 0 Å². The third-order valence-electron chi connectivity index (χ3n) is 6.36. The fourth-order valence-electron chi connectivity index (χ4n) is 5.18. The van der Waals surface area contributed by atoms with Gasteiger partial charge in [-0.1, -0.05) is 6.07 Å². The zero-order valence-corrected chi connectivity index (χ0v) is 14.4. The molecule has 0 saturated carbocycles. The van der Waals surface area contributed by atoms with Gasteiger partial charge in [-0.25, -0.2) is 0 Å². The molecule has 1 aromatic rings. The van der Waals surface area contributed by atoms with Crippen molar-refractivity contribution in [2.45, 2.75) is 30.7 Å². The number of phenols is 1. The smallest absolute Gasteiger partial charge is 0.197 e. The van der Waals surface area contributed by atoms with Gasteiger partial charge in [-0.2, -0.15) is 0 Å². The molecular formula is C19H24NO4+. The summed E-state index contributed by atoms with van der Waals surface area (Å²) in [6, 6.07) is 4.28. The van der Waals surface area contributed by atoms with Crippen LogP contribution in [0, 0.1) is 5.92 Å². The number of phenolic OH excluding ortho intramolecular Hbond substituents is 1. The van der Waals surface area contributed by atoms with Crippen molar-refractivity contribution >= 4 is 5.78 Å². The first kappa shape index (κ1) is 15.5. The van der Waals surface area contributed by atoms with E-state index in [0.29, 0.717) is 24.0 Å². The van der Waals surface area contributed by atoms with Gasteiger partial charge in [0.2, 0.25) is 0 Å². The first-order chi connectivity index (χ1) is 11.5. The summed E-state index contributed by atoms with van der Waals surface area (Å²) >= 11 is 0. The Balaban J connectivity index is 1.97. The molecule has 1 saturated heterocycles. The van der Waals surface area contributed by atoms with E-state index in [1.54, 1.807) is 14.2 Å². The molecular weight excluding hydrogens is 306 g/mol. The molecule has 5 nitrogen and oxygen atoms in total. The van der Waals surface area contributed by atoms with Crippen LogP contribution in [0.1, 0.15) is 24.0 Å². The zero-order chi connectivity index (χ0) is 17.1. The second-order valence-corrected chi connectivity index (χ2v) is 7.32. The number of carbonyl (C=O) groups is 1. The number of hydrogen-bond donors (Lipinski definition) is 2. The molecule has 128 valence electrons. The topological polar surface area (TPSA) is 60.2 Å². The number of nitrogens with one attached hydrogen (secondary N) is 1. The Bertz CT molecular complexity index is 741. The third kappa shape index (κ3) is 1.88. The maximum Gasteiger partial charge on any atom is 0.197 e. The minimum absolute atomic E-state index is 0.0297. The minimum atomic E-state index is -0.338. The molecule has 2 N–H and O–H groups in total. The number of Topliss-reactive ketones (excluding diaryl/α,β-unsaturated/α-hetero) is 1. The number of likely N-dealkylation sites (tertiary alicyclic amines) is 1. The highest BCUT2D eigenvalue weighted by atomic mass is 16.5. The number of carbonyl (C=O) groups excluding carboxylic acids is 1. The number of aromatic hydroxyl groups is 1. The van der Waals surface area contributed by atoms with E-state index in [4.69, 9.17) is 9.47 Å². The standard InChI is InChI=1S/C19H23NO4/c1-20-7-6-19-10-14(21)16(24-3)9-12(19)13(20)8-11-4-5-15(23-2)18(22)17(11)19/h4-5,9,12-13,22H,6-8,10H2,1-3H3/p+1/t12-,13-,19+/m1/s1. The summed E-state index contributed by atoms with van der Waals surface area (Å²) in [5, 5.41) is 10.9. The largest absolute Gasteiger partial charge is 0.504 e. The average molecular weight is 330 g/mol. The number of quaternary nitrogens is 1. The van der Waals surface area contributed by atoms with E-state index in [1.165, 1.54) is 4.90 Å². The summed E-state index contributed by atoms with van der Waals surface area (Å²) in [5.74, 6) is 1.40. The van der Waals surface area contributed by atoms with Crippen molar-refractivity contribution < 1.29 is 24.3 Å². The Labute approximate surface area is 141 Å². The third-order valence-corrected chi connectivity index (χ3v) is 6.36. The molecule has 1 aliphatic heterocycles. The van der Waals surface area contributed by atoms with Crippen LogP contribution < -0.4 is 9.64 Å². The van der Waals surface area contributed by atoms with Crippen molar-refractivity contribution in [2.24, 2.45) is 5.92 Å². The van der Waals surface area contributed by atoms with Crippen LogP contribution in [-0.2, 0) is 21.4 Å². The van der Waals surface area contributed by atoms with Crippen molar-refractivity contribution in [2.75, 3.05) is 27.8 Å². The first-order valence-electron chi connectivity index (χ1n) is 8.52. The summed E-state index contributed by atoms with van der Waals surface area (Å²) in [4.78, 5) is 14.1. The maximum absolute atomic E-state index is 12.6. The van der Waals surface area contributed by atoms with Crippen LogP contribution in [0.2, 0.25) is 0 Å². The number of methoxy groups -OCH3 is 2. The molecule has 24 heavy (non-hydrogen) atoms. The molecule has 0 radical (unpaired) electrons. The van der Waals surface area contributed by atoms with Gasteiger partial charge in [-0.15, -0.1) is 0 Å². The quantitative estimate of drug-likeness (QED) is 0.834. The van der Waals surface area contributed by atoms with Gasteiger partial charge >= 0.3 is 0 Å². The SMILES string of the molecule is COC1=C[C@@H]2[C@H]3Cc4ccc(OC)c(O)c4[C@@]2(CC[NH+]3C)CC1=O. The van der Waals surface area contributed by atoms with E-state index < -0.39 is 0 Å². The molecule has 5 heteroatoms. The molecule has 1 unspecified atom stereocenters. The molecule has 4 rings (SSSR count). The van der Waals surface area contributed by atoms with Crippen LogP contribution in [-0.4, -0.2) is 44.7 Å². The fourth-order valence-corrected chi connectivity index (χ4v) is 5.18. The highest BCUT2D eigenvalue weighted by molar-refractivity contribution is 5.96. The molecule has 2 bridgehead atoms. The Morgan fingerprint density at radius 3 is 2.79 bits per heavy atom. The Kier molecular flexibility index (Phi) is 3.39. The number of allylic oxidation sites excluding steroid dienone is 1. The Hall–Kier alpha value is -2.01. The minimum Gasteiger partial charge on any atom is -0.504 e. The highest BCUT2D eigenvalue weighted by Crippen LogP contribution is 2.55. The van der Waals surface area contributed by atoms with Crippen LogP contribution in [0.3, 0.4) is 0 Å². The van der Waals surface area contributed by atoms with E-state index in [2.05, 4.69) is 13.1 Å². The predicted octanol–water partition coefficient (Wildman–Crippen LogP) is 0.601. The lowest BCUT2D eigenvalue weighted by atomic mass is 9.53. The van der Waals surface area contributed by atoms with Gasteiger partial charge in [0.1, 0.15) is 0 Å². The second kappa shape index (κ2) is 5.24. The first-order valence-corrected chi connectivity index (χ1v) is 8.52. The molecule has 0 amide bonds. The predicted molar refractivity (Wildman–Crippen MR) is 88.4 cm³/mol. The number of fused-ring (bicyclic) bond motifs is 1. The molecule has 1 heterocycles. The van der Waals surface area contributed by atoms with Gasteiger partial charge in [-0.3, -0.25) is 4.79 Å². The number of hydrogen-bond acceptors (Lipinski definition) is 4. The lowest BCUT2D eigenvalue weighted by molar-refractivity contribution is -0.917. The van der Waals surface area contributed by atoms with Crippen LogP contribution in [0.4, 0.5) is 0 Å². The van der Waals surface area contributed by atoms with Crippen molar-refractivity contribution in [1.29, 1.82) is 0 Å². The van der Waals surface area contributed by atoms with E-state index in [0.717, 1.165) is 30.5 Å². The normalized spacial score (nSPS) is 34.0. The van der Waals surface area contributed by atoms with Crippen molar-refractivity contribution in [3.63, 3.8) is 0 Å². The number of piperidine rings is 1. The molecule has 0 spiro atoms. The number of likely N-dealkylation sites (N-methyl/N-ethyl adjacent to an activating group) is 1. The van der Waals surface area contributed by atoms with Crippen molar-refractivity contribution in [3.8, 4) is 11.5 Å². The second-order valence-electron chi connectivity index (χ2n) is 7.32. The van der Waals surface area contributed by atoms with Gasteiger partial charge in [0, 0.05) is 36.2 Å². The molecule has 1 fully saturated rings. The molecule has 4 atom stereocenters. The zero-order valence-electron chi connectivity index (χ0n) is 14.4. The molecule has 2 aliphatic carbocycles. The number of rotatable bonds is 2. The maximum atomic E-state index is 12.6. The molecule has 1 aromatic carbocycles. The lowest BCUT2D eigenvalue weighted by Gasteiger charge is -2.54. The summed E-state index contributed by atoms with van der Waals surface area (Å²) in [6.07, 6.45) is 4.19. The van der Waals surface area contributed by atoms with Crippen LogP contribution in [0.25, 0.3) is 0 Å². The Morgan fingerprint density at radius 1 is 1.29 bits per heavy atom. The van der Waals surface area contributed by atoms with Crippen LogP contribution in [0.15, 0.2) is 24.0 Å². The van der Waals surface area contributed by atoms with E-state index in [9.17, 15) is 9.90 Å².